The zero-order chi connectivity index (χ0) is 15.1. The van der Waals surface area contributed by atoms with Gasteiger partial charge in [-0.15, -0.1) is 0 Å². The summed E-state index contributed by atoms with van der Waals surface area (Å²) in [4.78, 5) is 14.4. The summed E-state index contributed by atoms with van der Waals surface area (Å²) in [5.74, 6) is 0.890. The van der Waals surface area contributed by atoms with E-state index in [-0.39, 0.29) is 5.92 Å². The molecule has 2 N–H and O–H groups in total. The third-order valence-corrected chi connectivity index (χ3v) is 4.71. The third-order valence-electron chi connectivity index (χ3n) is 4.71. The summed E-state index contributed by atoms with van der Waals surface area (Å²) in [6.45, 7) is 1.51. The zero-order valence-corrected chi connectivity index (χ0v) is 13.1. The monoisotopic (exact) mass is 288 g/mol. The molecular formula is C18H28N2O. The van der Waals surface area contributed by atoms with Gasteiger partial charge >= 0.3 is 0 Å². The molecule has 1 aliphatic carbocycles. The van der Waals surface area contributed by atoms with Crippen molar-refractivity contribution in [3.05, 3.63) is 35.9 Å². The van der Waals surface area contributed by atoms with E-state index in [1.165, 1.54) is 5.56 Å². The lowest BCUT2D eigenvalue weighted by atomic mass is 9.95. The molecule has 1 amide bonds. The van der Waals surface area contributed by atoms with Gasteiger partial charge in [-0.25, -0.2) is 0 Å². The van der Waals surface area contributed by atoms with Crippen molar-refractivity contribution in [1.29, 1.82) is 0 Å². The molecule has 0 aromatic heterocycles. The molecule has 1 fully saturated rings. The Kier molecular flexibility index (Phi) is 6.24. The Morgan fingerprint density at radius 1 is 1.24 bits per heavy atom. The van der Waals surface area contributed by atoms with Crippen molar-refractivity contribution in [3.63, 3.8) is 0 Å². The molecule has 2 unspecified atom stereocenters. The molecule has 2 rings (SSSR count). The molecular weight excluding hydrogens is 260 g/mol. The maximum absolute atomic E-state index is 12.4. The van der Waals surface area contributed by atoms with Gasteiger partial charge in [0, 0.05) is 19.5 Å². The minimum absolute atomic E-state index is 0.175. The molecule has 116 valence electrons. The topological polar surface area (TPSA) is 46.3 Å². The first-order chi connectivity index (χ1) is 10.2. The van der Waals surface area contributed by atoms with Crippen LogP contribution in [0.25, 0.3) is 0 Å². The van der Waals surface area contributed by atoms with Gasteiger partial charge in [-0.2, -0.15) is 0 Å². The Hall–Kier alpha value is -1.35. The highest BCUT2D eigenvalue weighted by Gasteiger charge is 2.33. The summed E-state index contributed by atoms with van der Waals surface area (Å²) < 4.78 is 0. The number of amides is 1. The van der Waals surface area contributed by atoms with Crippen LogP contribution in [0.3, 0.4) is 0 Å². The number of aryl methyl sites for hydroxylation is 1. The van der Waals surface area contributed by atoms with Gasteiger partial charge in [-0.1, -0.05) is 36.8 Å². The molecule has 2 atom stereocenters. The number of carbonyl (C=O) groups is 1. The maximum atomic E-state index is 12.4. The number of hydrogen-bond acceptors (Lipinski definition) is 2. The van der Waals surface area contributed by atoms with E-state index in [0.717, 1.165) is 45.1 Å². The van der Waals surface area contributed by atoms with E-state index in [2.05, 4.69) is 24.3 Å². The minimum Gasteiger partial charge on any atom is -0.346 e. The molecule has 1 saturated carbocycles. The molecule has 1 aromatic rings. The first kappa shape index (κ1) is 16.0. The molecule has 1 aliphatic rings. The van der Waals surface area contributed by atoms with Crippen molar-refractivity contribution in [2.45, 2.75) is 38.5 Å². The van der Waals surface area contributed by atoms with E-state index in [1.807, 2.05) is 18.0 Å². The molecule has 0 saturated heterocycles. The molecule has 0 bridgehead atoms. The Bertz CT molecular complexity index is 432. The van der Waals surface area contributed by atoms with Gasteiger partial charge in [-0.3, -0.25) is 4.79 Å². The Morgan fingerprint density at radius 3 is 2.71 bits per heavy atom. The molecule has 0 radical (unpaired) electrons. The second-order valence-electron chi connectivity index (χ2n) is 6.24. The van der Waals surface area contributed by atoms with E-state index in [0.29, 0.717) is 18.4 Å². The van der Waals surface area contributed by atoms with Crippen LogP contribution in [0.15, 0.2) is 30.3 Å². The highest BCUT2D eigenvalue weighted by atomic mass is 16.2. The number of rotatable bonds is 7. The van der Waals surface area contributed by atoms with Crippen LogP contribution in [0.5, 0.6) is 0 Å². The average Bonchev–Trinajstić information content (AvgIpc) is 3.00. The van der Waals surface area contributed by atoms with Crippen LogP contribution in [-0.4, -0.2) is 30.9 Å². The summed E-state index contributed by atoms with van der Waals surface area (Å²) in [5, 5.41) is 0. The van der Waals surface area contributed by atoms with Crippen LogP contribution in [-0.2, 0) is 11.2 Å². The number of carbonyl (C=O) groups excluding carboxylic acids is 1. The number of nitrogens with zero attached hydrogens (tertiary/aromatic N) is 1. The van der Waals surface area contributed by atoms with Crippen molar-refractivity contribution in [3.8, 4) is 0 Å². The second-order valence-corrected chi connectivity index (χ2v) is 6.24. The first-order valence-electron chi connectivity index (χ1n) is 8.21. The van der Waals surface area contributed by atoms with Crippen molar-refractivity contribution in [2.75, 3.05) is 20.1 Å². The van der Waals surface area contributed by atoms with Gasteiger partial charge in [0.2, 0.25) is 5.91 Å². The molecule has 3 heteroatoms. The molecule has 0 heterocycles. The van der Waals surface area contributed by atoms with Gasteiger partial charge in [-0.05, 0) is 50.1 Å². The van der Waals surface area contributed by atoms with Gasteiger partial charge in [0.25, 0.3) is 0 Å². The van der Waals surface area contributed by atoms with E-state index in [1.54, 1.807) is 0 Å². The van der Waals surface area contributed by atoms with Crippen molar-refractivity contribution >= 4 is 5.91 Å². The summed E-state index contributed by atoms with van der Waals surface area (Å²) >= 11 is 0. The maximum Gasteiger partial charge on any atom is 0.225 e. The lowest BCUT2D eigenvalue weighted by Gasteiger charge is -2.24. The summed E-state index contributed by atoms with van der Waals surface area (Å²) in [6, 6.07) is 10.5. The van der Waals surface area contributed by atoms with Crippen LogP contribution < -0.4 is 5.73 Å². The van der Waals surface area contributed by atoms with Gasteiger partial charge in [0.1, 0.15) is 0 Å². The van der Waals surface area contributed by atoms with Crippen LogP contribution >= 0.6 is 0 Å². The molecule has 0 spiro atoms. The summed E-state index contributed by atoms with van der Waals surface area (Å²) in [5.41, 5.74) is 7.16. The number of hydrogen-bond donors (Lipinski definition) is 1. The Balaban J connectivity index is 1.69. The largest absolute Gasteiger partial charge is 0.346 e. The lowest BCUT2D eigenvalue weighted by molar-refractivity contribution is -0.135. The predicted octanol–water partition coefficient (Wildman–Crippen LogP) is 2.84. The van der Waals surface area contributed by atoms with Gasteiger partial charge < -0.3 is 10.6 Å². The summed E-state index contributed by atoms with van der Waals surface area (Å²) in [6.07, 6.45) is 6.59. The average molecular weight is 288 g/mol. The van der Waals surface area contributed by atoms with Crippen LogP contribution in [0, 0.1) is 11.8 Å². The fourth-order valence-electron chi connectivity index (χ4n) is 3.36. The van der Waals surface area contributed by atoms with Crippen LogP contribution in [0.4, 0.5) is 0 Å². The normalized spacial score (nSPS) is 21.4. The Morgan fingerprint density at radius 2 is 2.00 bits per heavy atom. The highest BCUT2D eigenvalue weighted by Crippen LogP contribution is 2.32. The summed E-state index contributed by atoms with van der Waals surface area (Å²) in [7, 11) is 1.94. The molecule has 0 aliphatic heterocycles. The number of nitrogens with two attached hydrogens (primary N) is 1. The van der Waals surface area contributed by atoms with Crippen molar-refractivity contribution in [1.82, 2.24) is 4.90 Å². The first-order valence-corrected chi connectivity index (χ1v) is 8.21. The SMILES string of the molecule is CN(CCCCc1ccccc1)C(=O)C1CCCC1CN. The number of unbranched alkanes of at least 4 members (excludes halogenated alkanes) is 1. The second kappa shape index (κ2) is 8.18. The molecule has 21 heavy (non-hydrogen) atoms. The molecule has 3 nitrogen and oxygen atoms in total. The van der Waals surface area contributed by atoms with Gasteiger partial charge in [0.05, 0.1) is 0 Å². The van der Waals surface area contributed by atoms with Crippen molar-refractivity contribution in [2.24, 2.45) is 17.6 Å². The smallest absolute Gasteiger partial charge is 0.225 e. The van der Waals surface area contributed by atoms with E-state index < -0.39 is 0 Å². The predicted molar refractivity (Wildman–Crippen MR) is 86.9 cm³/mol. The molecule has 1 aromatic carbocycles. The minimum atomic E-state index is 0.175. The van der Waals surface area contributed by atoms with Crippen LogP contribution in [0.1, 0.15) is 37.7 Å². The van der Waals surface area contributed by atoms with Gasteiger partial charge in [0.15, 0.2) is 0 Å². The zero-order valence-electron chi connectivity index (χ0n) is 13.1. The fraction of sp³-hybridized carbons (Fsp3) is 0.611. The standard InChI is InChI=1S/C18H28N2O/c1-20(18(21)17-12-7-11-16(17)14-19)13-6-5-10-15-8-3-2-4-9-15/h2-4,8-9,16-17H,5-7,10-14,19H2,1H3. The number of benzene rings is 1. The fourth-order valence-corrected chi connectivity index (χ4v) is 3.36. The quantitative estimate of drug-likeness (QED) is 0.784. The van der Waals surface area contributed by atoms with E-state index >= 15 is 0 Å². The highest BCUT2D eigenvalue weighted by molar-refractivity contribution is 5.79. The third kappa shape index (κ3) is 4.57. The van der Waals surface area contributed by atoms with Crippen LogP contribution in [0.2, 0.25) is 0 Å². The lowest BCUT2D eigenvalue weighted by Crippen LogP contribution is -2.37. The Labute approximate surface area is 128 Å². The van der Waals surface area contributed by atoms with E-state index in [9.17, 15) is 4.79 Å². The van der Waals surface area contributed by atoms with Crippen molar-refractivity contribution < 1.29 is 4.79 Å². The van der Waals surface area contributed by atoms with E-state index in [4.69, 9.17) is 5.73 Å².